The number of ether oxygens (including phenoxy) is 3. The monoisotopic (exact) mass is 428 g/mol. The molecule has 2 heterocycles. The van der Waals surface area contributed by atoms with Crippen LogP contribution in [0.15, 0.2) is 23.0 Å². The van der Waals surface area contributed by atoms with Crippen molar-refractivity contribution in [3.05, 3.63) is 50.4 Å². The number of carbonyl (C=O) groups is 1. The number of methoxy groups -OCH3 is 1. The van der Waals surface area contributed by atoms with Gasteiger partial charge in [-0.25, -0.2) is 9.78 Å². The molecule has 0 fully saturated rings. The van der Waals surface area contributed by atoms with Crippen molar-refractivity contribution in [1.82, 2.24) is 9.97 Å². The SMILES string of the molecule is CCOC(=O)C(=Cc1ccc(OC)c(OCC)c1)c1nc2sc(C)c(C)c2c(=O)[nH]1. The van der Waals surface area contributed by atoms with Gasteiger partial charge in [0.15, 0.2) is 11.5 Å². The molecule has 0 spiro atoms. The summed E-state index contributed by atoms with van der Waals surface area (Å²) >= 11 is 1.42. The number of H-pyrrole nitrogens is 1. The third kappa shape index (κ3) is 4.23. The minimum atomic E-state index is -0.571. The molecule has 1 aromatic carbocycles. The first-order chi connectivity index (χ1) is 14.4. The fourth-order valence-electron chi connectivity index (χ4n) is 3.03. The quantitative estimate of drug-likeness (QED) is 0.450. The molecular formula is C22H24N2O5S. The van der Waals surface area contributed by atoms with Gasteiger partial charge >= 0.3 is 5.97 Å². The van der Waals surface area contributed by atoms with Crippen LogP contribution >= 0.6 is 11.3 Å². The molecule has 8 heteroatoms. The maximum atomic E-state index is 12.7. The van der Waals surface area contributed by atoms with Crippen LogP contribution in [0.25, 0.3) is 21.9 Å². The van der Waals surface area contributed by atoms with Gasteiger partial charge in [-0.2, -0.15) is 0 Å². The van der Waals surface area contributed by atoms with Gasteiger partial charge in [0.25, 0.3) is 5.56 Å². The highest BCUT2D eigenvalue weighted by atomic mass is 32.1. The van der Waals surface area contributed by atoms with E-state index in [-0.39, 0.29) is 23.6 Å². The van der Waals surface area contributed by atoms with Crippen molar-refractivity contribution < 1.29 is 19.0 Å². The van der Waals surface area contributed by atoms with E-state index in [1.807, 2.05) is 20.8 Å². The number of nitrogens with zero attached hydrogens (tertiary/aromatic N) is 1. The van der Waals surface area contributed by atoms with Crippen molar-refractivity contribution in [3.63, 3.8) is 0 Å². The number of hydrogen-bond donors (Lipinski definition) is 1. The van der Waals surface area contributed by atoms with Crippen molar-refractivity contribution in [2.75, 3.05) is 20.3 Å². The summed E-state index contributed by atoms with van der Waals surface area (Å²) in [6.07, 6.45) is 1.62. The Bertz CT molecular complexity index is 1180. The molecule has 7 nitrogen and oxygen atoms in total. The van der Waals surface area contributed by atoms with E-state index in [0.717, 1.165) is 10.4 Å². The lowest BCUT2D eigenvalue weighted by Crippen LogP contribution is -2.15. The first-order valence-corrected chi connectivity index (χ1v) is 10.4. The maximum Gasteiger partial charge on any atom is 0.341 e. The molecule has 0 radical (unpaired) electrons. The van der Waals surface area contributed by atoms with Crippen LogP contribution in [-0.4, -0.2) is 36.3 Å². The van der Waals surface area contributed by atoms with Crippen molar-refractivity contribution in [1.29, 1.82) is 0 Å². The second-order valence-electron chi connectivity index (χ2n) is 6.50. The molecule has 0 aliphatic carbocycles. The van der Waals surface area contributed by atoms with Gasteiger partial charge in [-0.05, 0) is 57.0 Å². The number of nitrogens with one attached hydrogen (secondary N) is 1. The maximum absolute atomic E-state index is 12.7. The molecule has 30 heavy (non-hydrogen) atoms. The standard InChI is InChI=1S/C22H24N2O5S/c1-6-28-17-11-14(8-9-16(17)27-5)10-15(22(26)29-7-2)19-23-20(25)18-12(3)13(4)30-21(18)24-19/h8-11H,6-7H2,1-5H3,(H,23,24,25). The Hall–Kier alpha value is -3.13. The smallest absolute Gasteiger partial charge is 0.341 e. The van der Waals surface area contributed by atoms with E-state index < -0.39 is 5.97 Å². The Morgan fingerprint density at radius 2 is 1.97 bits per heavy atom. The number of aromatic nitrogens is 2. The van der Waals surface area contributed by atoms with Crippen LogP contribution in [0, 0.1) is 13.8 Å². The number of esters is 1. The van der Waals surface area contributed by atoms with E-state index in [1.165, 1.54) is 11.3 Å². The molecule has 3 rings (SSSR count). The number of fused-ring (bicyclic) bond motifs is 1. The van der Waals surface area contributed by atoms with E-state index in [9.17, 15) is 9.59 Å². The minimum Gasteiger partial charge on any atom is -0.493 e. The van der Waals surface area contributed by atoms with Crippen molar-refractivity contribution >= 4 is 39.2 Å². The van der Waals surface area contributed by atoms with Gasteiger partial charge in [0.1, 0.15) is 16.2 Å². The summed E-state index contributed by atoms with van der Waals surface area (Å²) in [6.45, 7) is 8.10. The molecule has 0 amide bonds. The Balaban J connectivity index is 2.17. The third-order valence-electron chi connectivity index (χ3n) is 4.59. The van der Waals surface area contributed by atoms with Crippen molar-refractivity contribution in [2.45, 2.75) is 27.7 Å². The summed E-state index contributed by atoms with van der Waals surface area (Å²) in [4.78, 5) is 34.3. The average molecular weight is 429 g/mol. The van der Waals surface area contributed by atoms with Crippen molar-refractivity contribution in [2.24, 2.45) is 0 Å². The van der Waals surface area contributed by atoms with Crippen LogP contribution in [0.1, 0.15) is 35.7 Å². The Labute approximate surface area is 178 Å². The first kappa shape index (κ1) is 21.6. The molecule has 3 aromatic rings. The number of aromatic amines is 1. The second kappa shape index (κ2) is 9.13. The number of aryl methyl sites for hydroxylation is 2. The van der Waals surface area contributed by atoms with Gasteiger partial charge in [0.05, 0.1) is 25.7 Å². The van der Waals surface area contributed by atoms with E-state index in [0.29, 0.717) is 33.9 Å². The van der Waals surface area contributed by atoms with Crippen LogP contribution in [0.5, 0.6) is 11.5 Å². The molecule has 0 aliphatic heterocycles. The number of carbonyl (C=O) groups excluding carboxylic acids is 1. The highest BCUT2D eigenvalue weighted by Gasteiger charge is 2.20. The van der Waals surface area contributed by atoms with Gasteiger partial charge in [-0.15, -0.1) is 11.3 Å². The fraction of sp³-hybridized carbons (Fsp3) is 0.318. The summed E-state index contributed by atoms with van der Waals surface area (Å²) in [5.74, 6) is 0.738. The first-order valence-electron chi connectivity index (χ1n) is 9.59. The number of benzene rings is 1. The summed E-state index contributed by atoms with van der Waals surface area (Å²) in [6, 6.07) is 5.30. The lowest BCUT2D eigenvalue weighted by Gasteiger charge is -2.11. The second-order valence-corrected chi connectivity index (χ2v) is 7.70. The summed E-state index contributed by atoms with van der Waals surface area (Å²) < 4.78 is 16.1. The van der Waals surface area contributed by atoms with Crippen LogP contribution in [0.4, 0.5) is 0 Å². The lowest BCUT2D eigenvalue weighted by molar-refractivity contribution is -0.136. The van der Waals surface area contributed by atoms with Crippen LogP contribution in [-0.2, 0) is 9.53 Å². The van der Waals surface area contributed by atoms with Crippen molar-refractivity contribution in [3.8, 4) is 11.5 Å². The zero-order valence-corrected chi connectivity index (χ0v) is 18.4. The van der Waals surface area contributed by atoms with Crippen LogP contribution in [0.2, 0.25) is 0 Å². The van der Waals surface area contributed by atoms with Gasteiger partial charge < -0.3 is 19.2 Å². The average Bonchev–Trinajstić information content (AvgIpc) is 3.00. The molecule has 1 N–H and O–H groups in total. The lowest BCUT2D eigenvalue weighted by atomic mass is 10.1. The van der Waals surface area contributed by atoms with E-state index in [2.05, 4.69) is 9.97 Å². The zero-order chi connectivity index (χ0) is 21.8. The normalized spacial score (nSPS) is 11.6. The molecule has 0 aliphatic rings. The van der Waals surface area contributed by atoms with E-state index in [1.54, 1.807) is 38.3 Å². The summed E-state index contributed by atoms with van der Waals surface area (Å²) in [5, 5.41) is 0.549. The molecule has 0 atom stereocenters. The van der Waals surface area contributed by atoms with Crippen LogP contribution in [0.3, 0.4) is 0 Å². The number of hydrogen-bond acceptors (Lipinski definition) is 7. The topological polar surface area (TPSA) is 90.5 Å². The molecule has 0 saturated heterocycles. The molecule has 158 valence electrons. The van der Waals surface area contributed by atoms with Gasteiger partial charge in [-0.1, -0.05) is 6.07 Å². The molecule has 0 bridgehead atoms. The van der Waals surface area contributed by atoms with E-state index in [4.69, 9.17) is 14.2 Å². The van der Waals surface area contributed by atoms with Gasteiger partial charge in [0.2, 0.25) is 0 Å². The van der Waals surface area contributed by atoms with E-state index >= 15 is 0 Å². The molecule has 2 aromatic heterocycles. The molecule has 0 unspecified atom stereocenters. The Morgan fingerprint density at radius 3 is 2.63 bits per heavy atom. The Kier molecular flexibility index (Phi) is 6.56. The Morgan fingerprint density at radius 1 is 1.20 bits per heavy atom. The molecular weight excluding hydrogens is 404 g/mol. The highest BCUT2D eigenvalue weighted by Crippen LogP contribution is 2.31. The summed E-state index contributed by atoms with van der Waals surface area (Å²) in [7, 11) is 1.56. The van der Waals surface area contributed by atoms with Gasteiger partial charge in [-0.3, -0.25) is 4.79 Å². The summed E-state index contributed by atoms with van der Waals surface area (Å²) in [5.41, 5.74) is 1.46. The number of rotatable bonds is 7. The van der Waals surface area contributed by atoms with Crippen LogP contribution < -0.4 is 15.0 Å². The van der Waals surface area contributed by atoms with Gasteiger partial charge in [0, 0.05) is 4.88 Å². The predicted octanol–water partition coefficient (Wildman–Crippen LogP) is 4.11. The largest absolute Gasteiger partial charge is 0.493 e. The third-order valence-corrected chi connectivity index (χ3v) is 5.69. The molecule has 0 saturated carbocycles. The number of thiophene rings is 1. The zero-order valence-electron chi connectivity index (χ0n) is 17.6. The fourth-order valence-corrected chi connectivity index (χ4v) is 4.06. The highest BCUT2D eigenvalue weighted by molar-refractivity contribution is 7.18. The minimum absolute atomic E-state index is 0.159. The predicted molar refractivity (Wildman–Crippen MR) is 118 cm³/mol.